The van der Waals surface area contributed by atoms with Gasteiger partial charge in [0.05, 0.1) is 12.1 Å². The third kappa shape index (κ3) is 3.70. The molecule has 1 fully saturated rings. The molecule has 0 aromatic rings. The summed E-state index contributed by atoms with van der Waals surface area (Å²) >= 11 is 0. The number of amides is 2. The van der Waals surface area contributed by atoms with Gasteiger partial charge in [-0.25, -0.2) is 0 Å². The Balaban J connectivity index is 2.54. The number of rotatable bonds is 5. The number of carbonyl (C=O) groups excluding carboxylic acids is 2. The number of hydrogen-bond donors (Lipinski definition) is 2. The van der Waals surface area contributed by atoms with E-state index < -0.39 is 11.9 Å². The predicted octanol–water partition coefficient (Wildman–Crippen LogP) is 0.0968. The maximum atomic E-state index is 12.0. The maximum absolute atomic E-state index is 12.0. The summed E-state index contributed by atoms with van der Waals surface area (Å²) in [6.07, 6.45) is 2.14. The topological polar surface area (TPSA) is 75.4 Å². The summed E-state index contributed by atoms with van der Waals surface area (Å²) in [5.74, 6) is -0.253. The van der Waals surface area contributed by atoms with Crippen LogP contribution in [0.15, 0.2) is 0 Å². The smallest absolute Gasteiger partial charge is 0.239 e. The van der Waals surface area contributed by atoms with Crippen molar-refractivity contribution in [2.75, 3.05) is 13.1 Å². The molecule has 2 unspecified atom stereocenters. The highest BCUT2D eigenvalue weighted by molar-refractivity contribution is 5.84. The van der Waals surface area contributed by atoms with Gasteiger partial charge in [0.2, 0.25) is 11.8 Å². The van der Waals surface area contributed by atoms with Crippen molar-refractivity contribution in [2.45, 2.75) is 45.7 Å². The molecule has 1 saturated heterocycles. The molecule has 5 heteroatoms. The normalized spacial score (nSPS) is 19.4. The van der Waals surface area contributed by atoms with E-state index in [1.54, 1.807) is 6.92 Å². The molecule has 5 nitrogen and oxygen atoms in total. The van der Waals surface area contributed by atoms with Crippen molar-refractivity contribution < 1.29 is 9.59 Å². The molecule has 0 bridgehead atoms. The molecule has 0 aliphatic carbocycles. The molecule has 0 aromatic heterocycles. The first-order chi connectivity index (χ1) is 7.93. The summed E-state index contributed by atoms with van der Waals surface area (Å²) in [5, 5.41) is 3.03. The molecule has 0 saturated carbocycles. The van der Waals surface area contributed by atoms with Gasteiger partial charge in [-0.3, -0.25) is 14.9 Å². The summed E-state index contributed by atoms with van der Waals surface area (Å²) < 4.78 is 0. The number of nitrogens with one attached hydrogen (secondary N) is 1. The Morgan fingerprint density at radius 2 is 1.71 bits per heavy atom. The van der Waals surface area contributed by atoms with Gasteiger partial charge in [0.1, 0.15) is 0 Å². The SMILES string of the molecule is CC(NC(C(N)=O)C(C)C)C(=O)N1CCCC1. The standard InChI is InChI=1S/C12H23N3O2/c1-8(2)10(11(13)16)14-9(3)12(17)15-6-4-5-7-15/h8-10,14H,4-7H2,1-3H3,(H2,13,16). The molecule has 1 aliphatic rings. The van der Waals surface area contributed by atoms with Gasteiger partial charge < -0.3 is 10.6 Å². The van der Waals surface area contributed by atoms with Crippen LogP contribution in [0.2, 0.25) is 0 Å². The molecule has 0 spiro atoms. The molecule has 1 aliphatic heterocycles. The van der Waals surface area contributed by atoms with Crippen molar-refractivity contribution in [3.05, 3.63) is 0 Å². The summed E-state index contributed by atoms with van der Waals surface area (Å²) in [6, 6.07) is -0.801. The predicted molar refractivity (Wildman–Crippen MR) is 66.2 cm³/mol. The van der Waals surface area contributed by atoms with Crippen LogP contribution in [0.1, 0.15) is 33.6 Å². The zero-order valence-corrected chi connectivity index (χ0v) is 10.9. The second-order valence-corrected chi connectivity index (χ2v) is 5.04. The van der Waals surface area contributed by atoms with Gasteiger partial charge in [0, 0.05) is 13.1 Å². The molecule has 1 rings (SSSR count). The molecule has 2 atom stereocenters. The number of likely N-dealkylation sites (tertiary alicyclic amines) is 1. The largest absolute Gasteiger partial charge is 0.368 e. The summed E-state index contributed by atoms with van der Waals surface area (Å²) in [5.41, 5.74) is 5.31. The molecular weight excluding hydrogens is 218 g/mol. The van der Waals surface area contributed by atoms with Gasteiger partial charge in [-0.2, -0.15) is 0 Å². The fourth-order valence-electron chi connectivity index (χ4n) is 2.16. The van der Waals surface area contributed by atoms with E-state index >= 15 is 0 Å². The summed E-state index contributed by atoms with van der Waals surface area (Å²) in [6.45, 7) is 7.27. The highest BCUT2D eigenvalue weighted by Gasteiger charge is 2.28. The number of carbonyl (C=O) groups is 2. The molecule has 17 heavy (non-hydrogen) atoms. The van der Waals surface area contributed by atoms with E-state index in [2.05, 4.69) is 5.32 Å². The van der Waals surface area contributed by atoms with Crippen molar-refractivity contribution in [3.8, 4) is 0 Å². The van der Waals surface area contributed by atoms with E-state index in [4.69, 9.17) is 5.73 Å². The fourth-order valence-corrected chi connectivity index (χ4v) is 2.16. The average molecular weight is 241 g/mol. The van der Waals surface area contributed by atoms with Crippen LogP contribution < -0.4 is 11.1 Å². The van der Waals surface area contributed by atoms with E-state index in [1.165, 1.54) is 0 Å². The van der Waals surface area contributed by atoms with Crippen LogP contribution in [0.4, 0.5) is 0 Å². The summed E-state index contributed by atoms with van der Waals surface area (Å²) in [7, 11) is 0. The lowest BCUT2D eigenvalue weighted by Crippen LogP contribution is -2.53. The van der Waals surface area contributed by atoms with Crippen LogP contribution in [0.3, 0.4) is 0 Å². The minimum atomic E-state index is -0.448. The van der Waals surface area contributed by atoms with E-state index in [-0.39, 0.29) is 17.9 Å². The Morgan fingerprint density at radius 1 is 1.18 bits per heavy atom. The lowest BCUT2D eigenvalue weighted by Gasteiger charge is -2.26. The minimum absolute atomic E-state index is 0.0643. The second kappa shape index (κ2) is 6.00. The van der Waals surface area contributed by atoms with Crippen molar-refractivity contribution >= 4 is 11.8 Å². The number of nitrogens with zero attached hydrogens (tertiary/aromatic N) is 1. The second-order valence-electron chi connectivity index (χ2n) is 5.04. The van der Waals surface area contributed by atoms with Crippen LogP contribution in [0.5, 0.6) is 0 Å². The Bertz CT molecular complexity index is 285. The van der Waals surface area contributed by atoms with Gasteiger partial charge >= 0.3 is 0 Å². The maximum Gasteiger partial charge on any atom is 0.239 e. The number of hydrogen-bond acceptors (Lipinski definition) is 3. The minimum Gasteiger partial charge on any atom is -0.368 e. The van der Waals surface area contributed by atoms with Crippen molar-refractivity contribution in [1.29, 1.82) is 0 Å². The van der Waals surface area contributed by atoms with Gasteiger partial charge in [-0.05, 0) is 25.7 Å². The monoisotopic (exact) mass is 241 g/mol. The number of primary amides is 1. The first-order valence-electron chi connectivity index (χ1n) is 6.27. The van der Waals surface area contributed by atoms with Crippen LogP contribution in [-0.4, -0.2) is 41.9 Å². The molecule has 0 radical (unpaired) electrons. The first-order valence-corrected chi connectivity index (χ1v) is 6.27. The lowest BCUT2D eigenvalue weighted by atomic mass is 10.0. The molecular formula is C12H23N3O2. The van der Waals surface area contributed by atoms with Crippen LogP contribution >= 0.6 is 0 Å². The summed E-state index contributed by atoms with van der Waals surface area (Å²) in [4.78, 5) is 25.1. The third-order valence-electron chi connectivity index (χ3n) is 3.19. The van der Waals surface area contributed by atoms with Crippen molar-refractivity contribution in [3.63, 3.8) is 0 Å². The molecule has 1 heterocycles. The Morgan fingerprint density at radius 3 is 2.12 bits per heavy atom. The highest BCUT2D eigenvalue weighted by Crippen LogP contribution is 2.10. The average Bonchev–Trinajstić information content (AvgIpc) is 2.76. The van der Waals surface area contributed by atoms with Gasteiger partial charge in [-0.15, -0.1) is 0 Å². The lowest BCUT2D eigenvalue weighted by molar-refractivity contribution is -0.132. The Hall–Kier alpha value is -1.10. The van der Waals surface area contributed by atoms with Gasteiger partial charge in [0.15, 0.2) is 0 Å². The van der Waals surface area contributed by atoms with Crippen molar-refractivity contribution in [2.24, 2.45) is 11.7 Å². The Labute approximate surface area is 103 Å². The quantitative estimate of drug-likeness (QED) is 0.716. The molecule has 2 amide bonds. The molecule has 3 N–H and O–H groups in total. The first kappa shape index (κ1) is 14.0. The zero-order chi connectivity index (χ0) is 13.0. The fraction of sp³-hybridized carbons (Fsp3) is 0.833. The van der Waals surface area contributed by atoms with Crippen molar-refractivity contribution in [1.82, 2.24) is 10.2 Å². The van der Waals surface area contributed by atoms with E-state index in [1.807, 2.05) is 18.7 Å². The third-order valence-corrected chi connectivity index (χ3v) is 3.19. The zero-order valence-electron chi connectivity index (χ0n) is 10.9. The molecule has 0 aromatic carbocycles. The molecule has 98 valence electrons. The Kier molecular flexibility index (Phi) is 4.93. The van der Waals surface area contributed by atoms with E-state index in [0.717, 1.165) is 25.9 Å². The van der Waals surface area contributed by atoms with Gasteiger partial charge in [-0.1, -0.05) is 13.8 Å². The van der Waals surface area contributed by atoms with Crippen LogP contribution in [-0.2, 0) is 9.59 Å². The van der Waals surface area contributed by atoms with Gasteiger partial charge in [0.25, 0.3) is 0 Å². The van der Waals surface area contributed by atoms with Crippen LogP contribution in [0.25, 0.3) is 0 Å². The van der Waals surface area contributed by atoms with E-state index in [9.17, 15) is 9.59 Å². The number of nitrogens with two attached hydrogens (primary N) is 1. The highest BCUT2D eigenvalue weighted by atomic mass is 16.2. The van der Waals surface area contributed by atoms with Crippen LogP contribution in [0, 0.1) is 5.92 Å². The van der Waals surface area contributed by atoms with E-state index in [0.29, 0.717) is 0 Å².